The molecule has 2 rings (SSSR count). The Morgan fingerprint density at radius 3 is 2.65 bits per heavy atom. The van der Waals surface area contributed by atoms with Gasteiger partial charge in [0.05, 0.1) is 0 Å². The number of hydrogen-bond donors (Lipinski definition) is 1. The van der Waals surface area contributed by atoms with Gasteiger partial charge in [0.15, 0.2) is 11.6 Å². The predicted octanol–water partition coefficient (Wildman–Crippen LogP) is 1.86. The van der Waals surface area contributed by atoms with Crippen LogP contribution in [0, 0.1) is 5.82 Å². The molecule has 0 aromatic carbocycles. The number of pyridine rings is 1. The molecule has 1 aliphatic heterocycles. The Morgan fingerprint density at radius 1 is 1.25 bits per heavy atom. The maximum atomic E-state index is 14.5. The van der Waals surface area contributed by atoms with Crippen molar-refractivity contribution in [2.45, 2.75) is 26.8 Å². The second kappa shape index (κ2) is 7.55. The van der Waals surface area contributed by atoms with Crippen LogP contribution in [0.15, 0.2) is 12.3 Å². The third-order valence-corrected chi connectivity index (χ3v) is 3.81. The van der Waals surface area contributed by atoms with Gasteiger partial charge in [0.1, 0.15) is 0 Å². The lowest BCUT2D eigenvalue weighted by molar-refractivity contribution is 0.269. The summed E-state index contributed by atoms with van der Waals surface area (Å²) in [6, 6.07) is 1.77. The minimum absolute atomic E-state index is 0.166. The number of nitrogens with one attached hydrogen (secondary N) is 1. The topological polar surface area (TPSA) is 31.4 Å². The molecule has 0 spiro atoms. The average molecular weight is 280 g/mol. The summed E-state index contributed by atoms with van der Waals surface area (Å²) < 4.78 is 14.5. The third kappa shape index (κ3) is 3.67. The summed E-state index contributed by atoms with van der Waals surface area (Å²) >= 11 is 0. The van der Waals surface area contributed by atoms with Crippen LogP contribution in [0.4, 0.5) is 10.2 Å². The fraction of sp³-hybridized carbons (Fsp3) is 0.667. The molecule has 1 N–H and O–H groups in total. The van der Waals surface area contributed by atoms with E-state index >= 15 is 0 Å². The van der Waals surface area contributed by atoms with Gasteiger partial charge in [-0.2, -0.15) is 0 Å². The molecule has 0 bridgehead atoms. The number of piperazine rings is 1. The summed E-state index contributed by atoms with van der Waals surface area (Å²) in [6.07, 6.45) is 2.77. The summed E-state index contributed by atoms with van der Waals surface area (Å²) in [5, 5.41) is 3.24. The summed E-state index contributed by atoms with van der Waals surface area (Å²) in [4.78, 5) is 8.68. The van der Waals surface area contributed by atoms with E-state index in [1.807, 2.05) is 0 Å². The van der Waals surface area contributed by atoms with Gasteiger partial charge >= 0.3 is 0 Å². The number of nitrogens with zero attached hydrogens (tertiary/aromatic N) is 3. The molecule has 1 fully saturated rings. The van der Waals surface area contributed by atoms with Crippen LogP contribution in [0.1, 0.15) is 25.8 Å². The van der Waals surface area contributed by atoms with Crippen molar-refractivity contribution in [3.8, 4) is 0 Å². The van der Waals surface area contributed by atoms with E-state index in [1.165, 1.54) is 0 Å². The first-order chi connectivity index (χ1) is 9.76. The lowest BCUT2D eigenvalue weighted by Crippen LogP contribution is -2.46. The summed E-state index contributed by atoms with van der Waals surface area (Å²) in [7, 11) is 0. The summed E-state index contributed by atoms with van der Waals surface area (Å²) in [5.41, 5.74) is 0.710. The minimum atomic E-state index is -0.166. The van der Waals surface area contributed by atoms with Crippen LogP contribution in [0.2, 0.25) is 0 Å². The first kappa shape index (κ1) is 15.2. The molecule has 1 saturated heterocycles. The van der Waals surface area contributed by atoms with Crippen molar-refractivity contribution < 1.29 is 4.39 Å². The van der Waals surface area contributed by atoms with E-state index in [0.717, 1.165) is 45.7 Å². The minimum Gasteiger partial charge on any atom is -0.352 e. The maximum absolute atomic E-state index is 14.5. The van der Waals surface area contributed by atoms with Gasteiger partial charge in [0.25, 0.3) is 0 Å². The van der Waals surface area contributed by atoms with Gasteiger partial charge in [0, 0.05) is 44.5 Å². The number of rotatable bonds is 6. The number of anilines is 1. The Balaban J connectivity index is 2.03. The molecule has 0 unspecified atom stereocenters. The summed E-state index contributed by atoms with van der Waals surface area (Å²) in [5.74, 6) is 0.345. The maximum Gasteiger partial charge on any atom is 0.170 e. The Kier molecular flexibility index (Phi) is 5.73. The molecule has 1 aromatic heterocycles. The van der Waals surface area contributed by atoms with Crippen molar-refractivity contribution in [1.82, 2.24) is 15.2 Å². The van der Waals surface area contributed by atoms with Crippen LogP contribution < -0.4 is 10.2 Å². The molecule has 0 atom stereocenters. The number of likely N-dealkylation sites (N-methyl/N-ethyl adjacent to an activating group) is 1. The molecule has 2 heterocycles. The lowest BCUT2D eigenvalue weighted by Gasteiger charge is -2.35. The van der Waals surface area contributed by atoms with Crippen molar-refractivity contribution in [1.29, 1.82) is 0 Å². The zero-order valence-corrected chi connectivity index (χ0v) is 12.5. The molecule has 5 heteroatoms. The standard InChI is InChI=1S/C15H25FN4/c1-3-6-17-12-13-5-7-18-15(14(13)16)20-10-8-19(4-2)9-11-20/h5,7,17H,3-4,6,8-12H2,1-2H3. The molecule has 1 aromatic rings. The highest BCUT2D eigenvalue weighted by Crippen LogP contribution is 2.20. The predicted molar refractivity (Wildman–Crippen MR) is 80.5 cm³/mol. The molecule has 0 amide bonds. The van der Waals surface area contributed by atoms with Gasteiger partial charge in [-0.25, -0.2) is 9.37 Å². The number of hydrogen-bond acceptors (Lipinski definition) is 4. The lowest BCUT2D eigenvalue weighted by atomic mass is 10.2. The molecular weight excluding hydrogens is 255 g/mol. The average Bonchev–Trinajstić information content (AvgIpc) is 2.49. The van der Waals surface area contributed by atoms with E-state index in [4.69, 9.17) is 0 Å². The second-order valence-electron chi connectivity index (χ2n) is 5.21. The summed E-state index contributed by atoms with van der Waals surface area (Å²) in [6.45, 7) is 10.5. The zero-order chi connectivity index (χ0) is 14.4. The van der Waals surface area contributed by atoms with Crippen LogP contribution in [0.3, 0.4) is 0 Å². The van der Waals surface area contributed by atoms with Crippen LogP contribution in [-0.2, 0) is 6.54 Å². The van der Waals surface area contributed by atoms with E-state index < -0.39 is 0 Å². The Labute approximate surface area is 121 Å². The van der Waals surface area contributed by atoms with Crippen LogP contribution in [-0.4, -0.2) is 49.2 Å². The van der Waals surface area contributed by atoms with Crippen LogP contribution in [0.25, 0.3) is 0 Å². The molecular formula is C15H25FN4. The molecule has 112 valence electrons. The van der Waals surface area contributed by atoms with E-state index in [1.54, 1.807) is 12.3 Å². The Morgan fingerprint density at radius 2 is 2.00 bits per heavy atom. The van der Waals surface area contributed by atoms with Crippen LogP contribution in [0.5, 0.6) is 0 Å². The molecule has 0 aliphatic carbocycles. The monoisotopic (exact) mass is 280 g/mol. The second-order valence-corrected chi connectivity index (χ2v) is 5.21. The Bertz CT molecular complexity index is 416. The van der Waals surface area contributed by atoms with Gasteiger partial charge in [-0.15, -0.1) is 0 Å². The van der Waals surface area contributed by atoms with Gasteiger partial charge in [-0.1, -0.05) is 13.8 Å². The van der Waals surface area contributed by atoms with E-state index in [2.05, 4.69) is 33.9 Å². The quantitative estimate of drug-likeness (QED) is 0.806. The van der Waals surface area contributed by atoms with Gasteiger partial charge in [-0.05, 0) is 25.6 Å². The number of halogens is 1. The van der Waals surface area contributed by atoms with E-state index in [-0.39, 0.29) is 5.82 Å². The van der Waals surface area contributed by atoms with Crippen molar-refractivity contribution in [3.63, 3.8) is 0 Å². The fourth-order valence-electron chi connectivity index (χ4n) is 2.50. The Hall–Kier alpha value is -1.20. The van der Waals surface area contributed by atoms with Crippen molar-refractivity contribution >= 4 is 5.82 Å². The zero-order valence-electron chi connectivity index (χ0n) is 12.5. The molecule has 1 aliphatic rings. The SMILES string of the molecule is CCCNCc1ccnc(N2CCN(CC)CC2)c1F. The molecule has 0 radical (unpaired) electrons. The van der Waals surface area contributed by atoms with Crippen molar-refractivity contribution in [2.75, 3.05) is 44.2 Å². The van der Waals surface area contributed by atoms with Crippen LogP contribution >= 0.6 is 0 Å². The largest absolute Gasteiger partial charge is 0.352 e. The highest BCUT2D eigenvalue weighted by atomic mass is 19.1. The normalized spacial score (nSPS) is 16.6. The first-order valence-corrected chi connectivity index (χ1v) is 7.57. The molecule has 4 nitrogen and oxygen atoms in total. The van der Waals surface area contributed by atoms with Crippen molar-refractivity contribution in [3.05, 3.63) is 23.6 Å². The molecule has 20 heavy (non-hydrogen) atoms. The smallest absolute Gasteiger partial charge is 0.170 e. The third-order valence-electron chi connectivity index (χ3n) is 3.81. The van der Waals surface area contributed by atoms with E-state index in [0.29, 0.717) is 17.9 Å². The van der Waals surface area contributed by atoms with Gasteiger partial charge < -0.3 is 15.1 Å². The van der Waals surface area contributed by atoms with E-state index in [9.17, 15) is 4.39 Å². The fourth-order valence-corrected chi connectivity index (χ4v) is 2.50. The van der Waals surface area contributed by atoms with Gasteiger partial charge in [0.2, 0.25) is 0 Å². The van der Waals surface area contributed by atoms with Crippen molar-refractivity contribution in [2.24, 2.45) is 0 Å². The van der Waals surface area contributed by atoms with Gasteiger partial charge in [-0.3, -0.25) is 0 Å². The highest BCUT2D eigenvalue weighted by Gasteiger charge is 2.20. The molecule has 0 saturated carbocycles. The first-order valence-electron chi connectivity index (χ1n) is 7.57. The number of aromatic nitrogens is 1. The highest BCUT2D eigenvalue weighted by molar-refractivity contribution is 5.43.